The molecular weight excluding hydrogens is 236 g/mol. The second kappa shape index (κ2) is 4.14. The molecule has 3 rings (SSSR count). The van der Waals surface area contributed by atoms with E-state index in [0.29, 0.717) is 6.54 Å². The molecule has 0 spiro atoms. The average Bonchev–Trinajstić information content (AvgIpc) is 2.97. The van der Waals surface area contributed by atoms with Gasteiger partial charge in [0.1, 0.15) is 11.3 Å². The number of aromatic nitrogens is 3. The first-order chi connectivity index (χ1) is 8.34. The van der Waals surface area contributed by atoms with Gasteiger partial charge in [0.2, 0.25) is 0 Å². The summed E-state index contributed by atoms with van der Waals surface area (Å²) in [5.41, 5.74) is 2.04. The van der Waals surface area contributed by atoms with E-state index in [1.54, 1.807) is 17.6 Å². The van der Waals surface area contributed by atoms with Crippen molar-refractivity contribution < 1.29 is 4.42 Å². The van der Waals surface area contributed by atoms with Gasteiger partial charge in [-0.15, -0.1) is 21.5 Å². The highest BCUT2D eigenvalue weighted by Crippen LogP contribution is 2.27. The molecule has 6 heteroatoms. The van der Waals surface area contributed by atoms with E-state index in [0.717, 1.165) is 27.4 Å². The maximum absolute atomic E-state index is 5.25. The Morgan fingerprint density at radius 1 is 1.41 bits per heavy atom. The number of nitrogens with zero attached hydrogens (tertiary/aromatic N) is 3. The van der Waals surface area contributed by atoms with Crippen LogP contribution in [0.1, 0.15) is 11.3 Å². The first-order valence-corrected chi connectivity index (χ1v) is 6.06. The Balaban J connectivity index is 1.90. The quantitative estimate of drug-likeness (QED) is 0.769. The van der Waals surface area contributed by atoms with E-state index in [1.165, 1.54) is 0 Å². The van der Waals surface area contributed by atoms with Gasteiger partial charge in [-0.1, -0.05) is 0 Å². The molecule has 0 aliphatic carbocycles. The summed E-state index contributed by atoms with van der Waals surface area (Å²) in [5.74, 6) is 1.62. The first kappa shape index (κ1) is 10.2. The molecule has 0 amide bonds. The van der Waals surface area contributed by atoms with Gasteiger partial charge in [-0.05, 0) is 35.2 Å². The van der Waals surface area contributed by atoms with E-state index >= 15 is 0 Å². The zero-order valence-electron chi connectivity index (χ0n) is 9.17. The topological polar surface area (TPSA) is 63.8 Å². The molecule has 0 saturated carbocycles. The van der Waals surface area contributed by atoms with Crippen LogP contribution in [-0.2, 0) is 6.54 Å². The molecule has 17 heavy (non-hydrogen) atoms. The van der Waals surface area contributed by atoms with E-state index in [4.69, 9.17) is 4.42 Å². The normalized spacial score (nSPS) is 10.9. The minimum absolute atomic E-state index is 0.595. The van der Waals surface area contributed by atoms with Crippen molar-refractivity contribution in [1.82, 2.24) is 15.4 Å². The van der Waals surface area contributed by atoms with Crippen molar-refractivity contribution in [3.63, 3.8) is 0 Å². The third-order valence-corrected chi connectivity index (χ3v) is 3.55. The summed E-state index contributed by atoms with van der Waals surface area (Å²) in [6.45, 7) is 2.61. The standard InChI is InChI=1S/C11H10N4OS/c1-7-6-17-10-9(7)13-15-14-11(10)12-5-8-3-2-4-16-8/h2-4,6H,5H2,1H3,(H,12,13,14). The zero-order valence-corrected chi connectivity index (χ0v) is 9.99. The van der Waals surface area contributed by atoms with Crippen molar-refractivity contribution in [2.24, 2.45) is 0 Å². The Hall–Kier alpha value is -1.95. The van der Waals surface area contributed by atoms with Crippen LogP contribution in [0, 0.1) is 6.92 Å². The predicted octanol–water partition coefficient (Wildman–Crippen LogP) is 2.60. The monoisotopic (exact) mass is 246 g/mol. The molecule has 1 N–H and O–H groups in total. The maximum atomic E-state index is 5.25. The minimum Gasteiger partial charge on any atom is -0.467 e. The summed E-state index contributed by atoms with van der Waals surface area (Å²) in [6, 6.07) is 3.78. The Labute approximate surface area is 101 Å². The summed E-state index contributed by atoms with van der Waals surface area (Å²) in [6.07, 6.45) is 1.65. The molecule has 0 aromatic carbocycles. The smallest absolute Gasteiger partial charge is 0.170 e. The Morgan fingerprint density at radius 3 is 3.18 bits per heavy atom. The molecule has 0 atom stereocenters. The van der Waals surface area contributed by atoms with Crippen LogP contribution in [0.3, 0.4) is 0 Å². The SMILES string of the molecule is Cc1csc2c(NCc3ccco3)nnnc12. The van der Waals surface area contributed by atoms with Crippen LogP contribution < -0.4 is 5.32 Å². The van der Waals surface area contributed by atoms with Crippen LogP contribution >= 0.6 is 11.3 Å². The molecular formula is C11H10N4OS. The van der Waals surface area contributed by atoms with E-state index < -0.39 is 0 Å². The molecule has 0 unspecified atom stereocenters. The summed E-state index contributed by atoms with van der Waals surface area (Å²) in [5, 5.41) is 17.1. The van der Waals surface area contributed by atoms with Gasteiger partial charge in [0.05, 0.1) is 17.5 Å². The van der Waals surface area contributed by atoms with Crippen molar-refractivity contribution in [1.29, 1.82) is 0 Å². The summed E-state index contributed by atoms with van der Waals surface area (Å²) in [4.78, 5) is 0. The number of aryl methyl sites for hydroxylation is 1. The minimum atomic E-state index is 0.595. The van der Waals surface area contributed by atoms with Crippen LogP contribution in [0.25, 0.3) is 10.2 Å². The molecule has 0 radical (unpaired) electrons. The van der Waals surface area contributed by atoms with Gasteiger partial charge in [0, 0.05) is 0 Å². The number of fused-ring (bicyclic) bond motifs is 1. The lowest BCUT2D eigenvalue weighted by Gasteiger charge is -2.02. The van der Waals surface area contributed by atoms with Gasteiger partial charge in [-0.2, -0.15) is 0 Å². The van der Waals surface area contributed by atoms with Crippen LogP contribution in [0.2, 0.25) is 0 Å². The number of nitrogens with one attached hydrogen (secondary N) is 1. The van der Waals surface area contributed by atoms with Crippen LogP contribution in [-0.4, -0.2) is 15.4 Å². The third kappa shape index (κ3) is 1.87. The molecule has 0 saturated heterocycles. The lowest BCUT2D eigenvalue weighted by molar-refractivity contribution is 0.517. The van der Waals surface area contributed by atoms with E-state index in [9.17, 15) is 0 Å². The fourth-order valence-electron chi connectivity index (χ4n) is 1.59. The Bertz CT molecular complexity index is 632. The van der Waals surface area contributed by atoms with Gasteiger partial charge < -0.3 is 9.73 Å². The van der Waals surface area contributed by atoms with Crippen molar-refractivity contribution in [2.75, 3.05) is 5.32 Å². The average molecular weight is 246 g/mol. The van der Waals surface area contributed by atoms with Crippen molar-refractivity contribution in [3.8, 4) is 0 Å². The molecule has 5 nitrogen and oxygen atoms in total. The zero-order chi connectivity index (χ0) is 11.7. The first-order valence-electron chi connectivity index (χ1n) is 5.18. The second-order valence-corrected chi connectivity index (χ2v) is 4.55. The fourth-order valence-corrected chi connectivity index (χ4v) is 2.53. The van der Waals surface area contributed by atoms with Gasteiger partial charge in [0.25, 0.3) is 0 Å². The van der Waals surface area contributed by atoms with Gasteiger partial charge in [0.15, 0.2) is 5.82 Å². The van der Waals surface area contributed by atoms with Crippen LogP contribution in [0.4, 0.5) is 5.82 Å². The number of hydrogen-bond acceptors (Lipinski definition) is 6. The molecule has 0 aliphatic heterocycles. The molecule has 0 bridgehead atoms. The summed E-state index contributed by atoms with van der Waals surface area (Å²) in [7, 11) is 0. The Kier molecular flexibility index (Phi) is 2.49. The van der Waals surface area contributed by atoms with Crippen LogP contribution in [0.5, 0.6) is 0 Å². The third-order valence-electron chi connectivity index (χ3n) is 2.46. The molecule has 86 valence electrons. The van der Waals surface area contributed by atoms with E-state index in [1.807, 2.05) is 19.1 Å². The van der Waals surface area contributed by atoms with Crippen LogP contribution in [0.15, 0.2) is 28.2 Å². The van der Waals surface area contributed by atoms with E-state index in [2.05, 4.69) is 26.1 Å². The maximum Gasteiger partial charge on any atom is 0.170 e. The van der Waals surface area contributed by atoms with Crippen molar-refractivity contribution >= 4 is 27.4 Å². The van der Waals surface area contributed by atoms with E-state index in [-0.39, 0.29) is 0 Å². The number of anilines is 1. The largest absolute Gasteiger partial charge is 0.467 e. The highest BCUT2D eigenvalue weighted by molar-refractivity contribution is 7.17. The number of hydrogen-bond donors (Lipinski definition) is 1. The lowest BCUT2D eigenvalue weighted by atomic mass is 10.3. The highest BCUT2D eigenvalue weighted by atomic mass is 32.1. The lowest BCUT2D eigenvalue weighted by Crippen LogP contribution is -2.02. The highest BCUT2D eigenvalue weighted by Gasteiger charge is 2.09. The van der Waals surface area contributed by atoms with Gasteiger partial charge in [-0.25, -0.2) is 0 Å². The van der Waals surface area contributed by atoms with Gasteiger partial charge in [-0.3, -0.25) is 0 Å². The number of furan rings is 1. The molecule has 0 fully saturated rings. The summed E-state index contributed by atoms with van der Waals surface area (Å²) < 4.78 is 6.28. The van der Waals surface area contributed by atoms with Crippen molar-refractivity contribution in [3.05, 3.63) is 35.1 Å². The summed E-state index contributed by atoms with van der Waals surface area (Å²) >= 11 is 1.62. The predicted molar refractivity (Wildman–Crippen MR) is 66.0 cm³/mol. The molecule has 3 aromatic rings. The Morgan fingerprint density at radius 2 is 2.35 bits per heavy atom. The fraction of sp³-hybridized carbons (Fsp3) is 0.182. The molecule has 3 aromatic heterocycles. The molecule has 3 heterocycles. The van der Waals surface area contributed by atoms with Gasteiger partial charge >= 0.3 is 0 Å². The number of thiophene rings is 1. The number of rotatable bonds is 3. The molecule has 0 aliphatic rings. The van der Waals surface area contributed by atoms with Crippen molar-refractivity contribution in [2.45, 2.75) is 13.5 Å². The second-order valence-electron chi connectivity index (χ2n) is 3.67.